The smallest absolute Gasteiger partial charge is 0.239 e. The van der Waals surface area contributed by atoms with Crippen LogP contribution in [-0.2, 0) is 16.1 Å². The molecular formula is C19H26N4O3. The first kappa shape index (κ1) is 19.8. The van der Waals surface area contributed by atoms with Crippen molar-refractivity contribution in [1.29, 1.82) is 0 Å². The number of hydrogen-bond donors (Lipinski definition) is 3. The number of hydroxylamine groups is 2. The topological polar surface area (TPSA) is 94.6 Å². The van der Waals surface area contributed by atoms with Gasteiger partial charge < -0.3 is 0 Å². The largest absolute Gasteiger partial charge is 0.291 e. The molecule has 0 saturated carbocycles. The van der Waals surface area contributed by atoms with Crippen LogP contribution in [0.25, 0.3) is 10.9 Å². The van der Waals surface area contributed by atoms with E-state index in [-0.39, 0.29) is 12.5 Å². The highest BCUT2D eigenvalue weighted by atomic mass is 16.5. The van der Waals surface area contributed by atoms with Crippen LogP contribution in [0.15, 0.2) is 36.5 Å². The average Bonchev–Trinajstić information content (AvgIpc) is 2.67. The third kappa shape index (κ3) is 6.09. The highest BCUT2D eigenvalue weighted by Crippen LogP contribution is 2.13. The molecule has 0 saturated heterocycles. The Hall–Kier alpha value is -2.51. The number of nitrogens with zero attached hydrogens (tertiary/aromatic N) is 2. The lowest BCUT2D eigenvalue weighted by Crippen LogP contribution is -2.44. The van der Waals surface area contributed by atoms with E-state index in [2.05, 4.69) is 22.8 Å². The Morgan fingerprint density at radius 1 is 1.35 bits per heavy atom. The number of unbranched alkanes of at least 4 members (excludes halogenated alkanes) is 2. The van der Waals surface area contributed by atoms with Gasteiger partial charge in [-0.05, 0) is 30.2 Å². The molecule has 0 unspecified atom stereocenters. The summed E-state index contributed by atoms with van der Waals surface area (Å²) in [4.78, 5) is 27.3. The molecule has 0 aliphatic heterocycles. The standard InChI is InChI=1S/C19H26N4O3/c1-2-3-4-6-17(13-23(26)14-24)19(25)22-21-12-15-8-9-18-16(11-15)7-5-10-20-18/h5,7-11,14,17,21,26H,2-4,6,12-13H2,1H3,(H,22,25)/t17-/m1/s1. The Labute approximate surface area is 153 Å². The van der Waals surface area contributed by atoms with Crippen molar-refractivity contribution in [1.82, 2.24) is 20.9 Å². The summed E-state index contributed by atoms with van der Waals surface area (Å²) in [6, 6.07) is 9.78. The van der Waals surface area contributed by atoms with Crippen molar-refractivity contribution in [2.75, 3.05) is 6.54 Å². The van der Waals surface area contributed by atoms with E-state index in [1.807, 2.05) is 30.3 Å². The second-order valence-corrected chi connectivity index (χ2v) is 6.29. The van der Waals surface area contributed by atoms with Crippen LogP contribution in [0.3, 0.4) is 0 Å². The average molecular weight is 358 g/mol. The van der Waals surface area contributed by atoms with Gasteiger partial charge in [0.25, 0.3) is 0 Å². The van der Waals surface area contributed by atoms with E-state index in [9.17, 15) is 14.8 Å². The van der Waals surface area contributed by atoms with Crippen molar-refractivity contribution in [3.63, 3.8) is 0 Å². The van der Waals surface area contributed by atoms with Crippen molar-refractivity contribution in [3.05, 3.63) is 42.1 Å². The number of fused-ring (bicyclic) bond motifs is 1. The van der Waals surface area contributed by atoms with Crippen molar-refractivity contribution in [2.45, 2.75) is 39.2 Å². The molecule has 0 radical (unpaired) electrons. The lowest BCUT2D eigenvalue weighted by Gasteiger charge is -2.19. The number of rotatable bonds is 11. The highest BCUT2D eigenvalue weighted by molar-refractivity contribution is 5.79. The number of hydrogen-bond acceptors (Lipinski definition) is 5. The maximum absolute atomic E-state index is 12.4. The molecule has 2 amide bonds. The van der Waals surface area contributed by atoms with Crippen molar-refractivity contribution >= 4 is 23.2 Å². The van der Waals surface area contributed by atoms with Gasteiger partial charge in [0.2, 0.25) is 12.3 Å². The van der Waals surface area contributed by atoms with E-state index in [1.54, 1.807) is 6.20 Å². The molecule has 1 aromatic heterocycles. The maximum Gasteiger partial charge on any atom is 0.239 e. The zero-order valence-corrected chi connectivity index (χ0v) is 15.0. The van der Waals surface area contributed by atoms with Crippen LogP contribution in [-0.4, -0.2) is 34.1 Å². The predicted molar refractivity (Wildman–Crippen MR) is 98.9 cm³/mol. The number of carbonyl (C=O) groups excluding carboxylic acids is 2. The van der Waals surface area contributed by atoms with Gasteiger partial charge in [-0.25, -0.2) is 10.5 Å². The predicted octanol–water partition coefficient (Wildman–Crippen LogP) is 2.40. The second kappa shape index (κ2) is 10.5. The monoisotopic (exact) mass is 358 g/mol. The van der Waals surface area contributed by atoms with Crippen LogP contribution in [0.2, 0.25) is 0 Å². The lowest BCUT2D eigenvalue weighted by atomic mass is 10.0. The molecule has 0 bridgehead atoms. The molecule has 7 heteroatoms. The van der Waals surface area contributed by atoms with E-state index in [0.717, 1.165) is 35.7 Å². The molecule has 0 aliphatic rings. The number of carbonyl (C=O) groups is 2. The zero-order valence-electron chi connectivity index (χ0n) is 15.0. The molecule has 1 heterocycles. The molecule has 1 aromatic carbocycles. The number of benzene rings is 1. The number of nitrogens with one attached hydrogen (secondary N) is 2. The molecule has 7 nitrogen and oxygen atoms in total. The molecule has 1 atom stereocenters. The van der Waals surface area contributed by atoms with Gasteiger partial charge >= 0.3 is 0 Å². The summed E-state index contributed by atoms with van der Waals surface area (Å²) >= 11 is 0. The van der Waals surface area contributed by atoms with Gasteiger partial charge in [-0.1, -0.05) is 38.3 Å². The number of amides is 2. The van der Waals surface area contributed by atoms with Gasteiger partial charge in [-0.15, -0.1) is 0 Å². The van der Waals surface area contributed by atoms with Gasteiger partial charge in [-0.2, -0.15) is 0 Å². The quantitative estimate of drug-likeness (QED) is 0.248. The zero-order chi connectivity index (χ0) is 18.8. The molecule has 0 spiro atoms. The van der Waals surface area contributed by atoms with Crippen molar-refractivity contribution in [2.24, 2.45) is 5.92 Å². The first-order chi connectivity index (χ1) is 12.6. The SMILES string of the molecule is CCCCC[C@H](CN(O)C=O)C(=O)NNCc1ccc2ncccc2c1. The normalized spacial score (nSPS) is 11.9. The molecule has 2 aromatic rings. The van der Waals surface area contributed by atoms with Crippen LogP contribution in [0, 0.1) is 5.92 Å². The summed E-state index contributed by atoms with van der Waals surface area (Å²) < 4.78 is 0. The highest BCUT2D eigenvalue weighted by Gasteiger charge is 2.20. The fourth-order valence-electron chi connectivity index (χ4n) is 2.79. The molecule has 0 aliphatic carbocycles. The molecule has 26 heavy (non-hydrogen) atoms. The minimum Gasteiger partial charge on any atom is -0.291 e. The van der Waals surface area contributed by atoms with E-state index >= 15 is 0 Å². The van der Waals surface area contributed by atoms with E-state index in [4.69, 9.17) is 0 Å². The van der Waals surface area contributed by atoms with Crippen LogP contribution in [0.1, 0.15) is 38.2 Å². The van der Waals surface area contributed by atoms with Crippen LogP contribution < -0.4 is 10.9 Å². The van der Waals surface area contributed by atoms with Crippen LogP contribution >= 0.6 is 0 Å². The molecule has 0 fully saturated rings. The van der Waals surface area contributed by atoms with Gasteiger partial charge in [0.1, 0.15) is 0 Å². The number of hydrazine groups is 1. The van der Waals surface area contributed by atoms with Gasteiger partial charge in [0.15, 0.2) is 0 Å². The summed E-state index contributed by atoms with van der Waals surface area (Å²) in [7, 11) is 0. The maximum atomic E-state index is 12.4. The third-order valence-electron chi connectivity index (χ3n) is 4.23. The summed E-state index contributed by atoms with van der Waals surface area (Å²) in [5, 5.41) is 11.0. The first-order valence-electron chi connectivity index (χ1n) is 8.91. The fraction of sp³-hybridized carbons (Fsp3) is 0.421. The Morgan fingerprint density at radius 3 is 2.96 bits per heavy atom. The van der Waals surface area contributed by atoms with E-state index in [0.29, 0.717) is 24.4 Å². The number of pyridine rings is 1. The summed E-state index contributed by atoms with van der Waals surface area (Å²) in [6.45, 7) is 2.54. The first-order valence-corrected chi connectivity index (χ1v) is 8.91. The molecule has 3 N–H and O–H groups in total. The van der Waals surface area contributed by atoms with Crippen molar-refractivity contribution < 1.29 is 14.8 Å². The van der Waals surface area contributed by atoms with E-state index in [1.165, 1.54) is 0 Å². The van der Waals surface area contributed by atoms with E-state index < -0.39 is 5.92 Å². The lowest BCUT2D eigenvalue weighted by molar-refractivity contribution is -0.154. The second-order valence-electron chi connectivity index (χ2n) is 6.29. The fourth-order valence-corrected chi connectivity index (χ4v) is 2.79. The third-order valence-corrected chi connectivity index (χ3v) is 4.23. The Morgan fingerprint density at radius 2 is 2.19 bits per heavy atom. The summed E-state index contributed by atoms with van der Waals surface area (Å²) in [6.07, 6.45) is 5.61. The number of aromatic nitrogens is 1. The Kier molecular flexibility index (Phi) is 7.98. The van der Waals surface area contributed by atoms with Gasteiger partial charge in [-0.3, -0.25) is 25.2 Å². The Bertz CT molecular complexity index is 723. The van der Waals surface area contributed by atoms with Crippen LogP contribution in [0.5, 0.6) is 0 Å². The Balaban J connectivity index is 1.87. The van der Waals surface area contributed by atoms with Crippen molar-refractivity contribution in [3.8, 4) is 0 Å². The minimum absolute atomic E-state index is 0.0115. The summed E-state index contributed by atoms with van der Waals surface area (Å²) in [5.74, 6) is -0.686. The van der Waals surface area contributed by atoms with Gasteiger partial charge in [0.05, 0.1) is 18.0 Å². The van der Waals surface area contributed by atoms with Gasteiger partial charge in [0, 0.05) is 18.1 Å². The minimum atomic E-state index is -0.454. The molecule has 2 rings (SSSR count). The van der Waals surface area contributed by atoms with Crippen LogP contribution in [0.4, 0.5) is 0 Å². The molecular weight excluding hydrogens is 332 g/mol. The summed E-state index contributed by atoms with van der Waals surface area (Å²) in [5.41, 5.74) is 7.54. The molecule has 140 valence electrons.